The number of carbonyl (C=O) groups excluding carboxylic acids is 3. The van der Waals surface area contributed by atoms with Gasteiger partial charge in [-0.2, -0.15) is 0 Å². The van der Waals surface area contributed by atoms with Crippen molar-refractivity contribution in [2.45, 2.75) is 26.0 Å². The maximum Gasteiger partial charge on any atom is 0.348 e. The molecular weight excluding hydrogens is 510 g/mol. The van der Waals surface area contributed by atoms with Crippen LogP contribution >= 0.6 is 23.1 Å². The highest BCUT2D eigenvalue weighted by Crippen LogP contribution is 2.35. The SMILES string of the molecule is CCOC(=O)c1sc(NC(=O)CSc2nnc(-c3cc(OC)cc(OC)c3)o2)c(C(=O)OCC)c1C. The second-order valence-corrected chi connectivity index (χ2v) is 8.96. The zero-order valence-electron chi connectivity index (χ0n) is 20.3. The molecule has 3 aromatic rings. The van der Waals surface area contributed by atoms with Crippen LogP contribution < -0.4 is 14.8 Å². The fourth-order valence-electron chi connectivity index (χ4n) is 3.05. The van der Waals surface area contributed by atoms with Gasteiger partial charge in [-0.25, -0.2) is 9.59 Å². The van der Waals surface area contributed by atoms with E-state index in [9.17, 15) is 14.4 Å². The summed E-state index contributed by atoms with van der Waals surface area (Å²) in [5.41, 5.74) is 1.10. The molecule has 0 fully saturated rings. The minimum Gasteiger partial charge on any atom is -0.497 e. The summed E-state index contributed by atoms with van der Waals surface area (Å²) >= 11 is 1.97. The lowest BCUT2D eigenvalue weighted by atomic mass is 10.1. The molecule has 0 unspecified atom stereocenters. The molecule has 0 saturated carbocycles. The molecule has 3 rings (SSSR count). The third-order valence-corrected chi connectivity index (χ3v) is 6.68. The van der Waals surface area contributed by atoms with E-state index in [2.05, 4.69) is 15.5 Å². The van der Waals surface area contributed by atoms with E-state index in [1.165, 1.54) is 14.2 Å². The van der Waals surface area contributed by atoms with Gasteiger partial charge in [-0.1, -0.05) is 11.8 Å². The standard InChI is InChI=1S/C23H25N3O8S2/c1-6-32-21(28)17-12(3)18(22(29)33-7-2)36-20(17)24-16(27)11-35-23-26-25-19(34-23)13-8-14(30-4)10-15(9-13)31-5/h8-10H,6-7,11H2,1-5H3,(H,24,27). The molecule has 0 spiro atoms. The molecule has 11 nitrogen and oxygen atoms in total. The fourth-order valence-corrected chi connectivity index (χ4v) is 4.72. The number of anilines is 1. The molecule has 192 valence electrons. The Morgan fingerprint density at radius 2 is 1.64 bits per heavy atom. The average molecular weight is 536 g/mol. The molecular formula is C23H25N3O8S2. The number of hydrogen-bond acceptors (Lipinski definition) is 12. The van der Waals surface area contributed by atoms with Crippen LogP contribution in [0, 0.1) is 6.92 Å². The summed E-state index contributed by atoms with van der Waals surface area (Å²) in [6.07, 6.45) is 0. The van der Waals surface area contributed by atoms with E-state index in [0.29, 0.717) is 22.6 Å². The topological polar surface area (TPSA) is 139 Å². The van der Waals surface area contributed by atoms with Crippen molar-refractivity contribution in [1.82, 2.24) is 10.2 Å². The predicted molar refractivity (Wildman–Crippen MR) is 133 cm³/mol. The summed E-state index contributed by atoms with van der Waals surface area (Å²) < 4.78 is 26.3. The number of thioether (sulfide) groups is 1. The first-order valence-electron chi connectivity index (χ1n) is 10.8. The first-order chi connectivity index (χ1) is 17.3. The van der Waals surface area contributed by atoms with Crippen LogP contribution in [0.15, 0.2) is 27.8 Å². The Morgan fingerprint density at radius 3 is 2.25 bits per heavy atom. The summed E-state index contributed by atoms with van der Waals surface area (Å²) in [6, 6.07) is 5.15. The molecule has 0 radical (unpaired) electrons. The number of esters is 2. The minimum atomic E-state index is -0.639. The zero-order chi connectivity index (χ0) is 26.2. The Balaban J connectivity index is 1.73. The molecule has 0 aliphatic carbocycles. The molecule has 1 N–H and O–H groups in total. The number of hydrogen-bond donors (Lipinski definition) is 1. The van der Waals surface area contributed by atoms with Crippen LogP contribution in [0.4, 0.5) is 5.00 Å². The van der Waals surface area contributed by atoms with Gasteiger partial charge in [0.1, 0.15) is 21.4 Å². The lowest BCUT2D eigenvalue weighted by Crippen LogP contribution is -2.16. The van der Waals surface area contributed by atoms with Crippen molar-refractivity contribution in [3.8, 4) is 23.0 Å². The Bertz CT molecular complexity index is 1230. The van der Waals surface area contributed by atoms with E-state index < -0.39 is 17.8 Å². The van der Waals surface area contributed by atoms with Gasteiger partial charge < -0.3 is 28.7 Å². The second-order valence-electron chi connectivity index (χ2n) is 7.01. The number of ether oxygens (including phenoxy) is 4. The third-order valence-electron chi connectivity index (χ3n) is 4.67. The maximum absolute atomic E-state index is 12.7. The number of aromatic nitrogens is 2. The maximum atomic E-state index is 12.7. The number of nitrogens with one attached hydrogen (secondary N) is 1. The quantitative estimate of drug-likeness (QED) is 0.279. The van der Waals surface area contributed by atoms with Gasteiger partial charge in [-0.3, -0.25) is 4.79 Å². The summed E-state index contributed by atoms with van der Waals surface area (Å²) in [6.45, 7) is 5.28. The lowest BCUT2D eigenvalue weighted by molar-refractivity contribution is -0.113. The van der Waals surface area contributed by atoms with Crippen molar-refractivity contribution in [1.29, 1.82) is 0 Å². The third kappa shape index (κ3) is 6.34. The monoisotopic (exact) mass is 535 g/mol. The lowest BCUT2D eigenvalue weighted by Gasteiger charge is -2.06. The van der Waals surface area contributed by atoms with Gasteiger partial charge in [0.05, 0.1) is 38.7 Å². The van der Waals surface area contributed by atoms with Crippen LogP contribution in [-0.4, -0.2) is 61.2 Å². The van der Waals surface area contributed by atoms with Crippen molar-refractivity contribution >= 4 is 45.9 Å². The Hall–Kier alpha value is -3.58. The van der Waals surface area contributed by atoms with Gasteiger partial charge in [0.25, 0.3) is 5.22 Å². The summed E-state index contributed by atoms with van der Waals surface area (Å²) in [5, 5.41) is 11.0. The molecule has 13 heteroatoms. The summed E-state index contributed by atoms with van der Waals surface area (Å²) in [5.74, 6) is -0.397. The summed E-state index contributed by atoms with van der Waals surface area (Å²) in [4.78, 5) is 37.7. The molecule has 1 amide bonds. The number of nitrogens with zero attached hydrogens (tertiary/aromatic N) is 2. The van der Waals surface area contributed by atoms with Gasteiger partial charge >= 0.3 is 11.9 Å². The first-order valence-corrected chi connectivity index (χ1v) is 12.6. The largest absolute Gasteiger partial charge is 0.497 e. The normalized spacial score (nSPS) is 10.6. The smallest absolute Gasteiger partial charge is 0.348 e. The van der Waals surface area contributed by atoms with Gasteiger partial charge in [0.15, 0.2) is 0 Å². The Morgan fingerprint density at radius 1 is 1.00 bits per heavy atom. The van der Waals surface area contributed by atoms with Gasteiger partial charge in [-0.15, -0.1) is 21.5 Å². The highest BCUT2D eigenvalue weighted by atomic mass is 32.2. The number of rotatable bonds is 11. The van der Waals surface area contributed by atoms with Crippen LogP contribution in [0.1, 0.15) is 39.4 Å². The molecule has 0 bridgehead atoms. The molecule has 2 aromatic heterocycles. The van der Waals surface area contributed by atoms with E-state index in [1.807, 2.05) is 0 Å². The van der Waals surface area contributed by atoms with Gasteiger partial charge in [0, 0.05) is 11.6 Å². The Kier molecular flexibility index (Phi) is 9.31. The number of carbonyl (C=O) groups is 3. The fraction of sp³-hybridized carbons (Fsp3) is 0.348. The predicted octanol–water partition coefficient (Wildman–Crippen LogP) is 4.21. The molecule has 36 heavy (non-hydrogen) atoms. The summed E-state index contributed by atoms with van der Waals surface area (Å²) in [7, 11) is 3.06. The van der Waals surface area contributed by atoms with Crippen LogP contribution in [0.3, 0.4) is 0 Å². The first kappa shape index (κ1) is 27.0. The van der Waals surface area contributed by atoms with Crippen molar-refractivity contribution in [2.24, 2.45) is 0 Å². The molecule has 0 aliphatic rings. The van der Waals surface area contributed by atoms with E-state index in [-0.39, 0.29) is 45.5 Å². The number of amides is 1. The number of thiophene rings is 1. The van der Waals surface area contributed by atoms with Crippen LogP contribution in [0.25, 0.3) is 11.5 Å². The molecule has 0 saturated heterocycles. The van der Waals surface area contributed by atoms with Crippen molar-refractivity contribution in [2.75, 3.05) is 38.5 Å². The Labute approximate surface area is 215 Å². The van der Waals surface area contributed by atoms with E-state index in [0.717, 1.165) is 23.1 Å². The van der Waals surface area contributed by atoms with Crippen LogP contribution in [-0.2, 0) is 14.3 Å². The molecule has 2 heterocycles. The van der Waals surface area contributed by atoms with E-state index in [4.69, 9.17) is 23.4 Å². The van der Waals surface area contributed by atoms with Crippen LogP contribution in [0.2, 0.25) is 0 Å². The van der Waals surface area contributed by atoms with Crippen molar-refractivity contribution in [3.63, 3.8) is 0 Å². The van der Waals surface area contributed by atoms with Gasteiger partial charge in [0.2, 0.25) is 11.8 Å². The highest BCUT2D eigenvalue weighted by molar-refractivity contribution is 7.99. The highest BCUT2D eigenvalue weighted by Gasteiger charge is 2.27. The van der Waals surface area contributed by atoms with Gasteiger partial charge in [-0.05, 0) is 38.5 Å². The average Bonchev–Trinajstić information content (AvgIpc) is 3.47. The molecule has 0 aliphatic heterocycles. The van der Waals surface area contributed by atoms with Crippen molar-refractivity contribution in [3.05, 3.63) is 34.2 Å². The zero-order valence-corrected chi connectivity index (χ0v) is 22.0. The number of benzene rings is 1. The second kappa shape index (κ2) is 12.4. The minimum absolute atomic E-state index is 0.0863. The van der Waals surface area contributed by atoms with E-state index in [1.54, 1.807) is 39.0 Å². The number of methoxy groups -OCH3 is 2. The molecule has 0 atom stereocenters. The van der Waals surface area contributed by atoms with Crippen LogP contribution in [0.5, 0.6) is 11.5 Å². The van der Waals surface area contributed by atoms with E-state index >= 15 is 0 Å². The van der Waals surface area contributed by atoms with Crippen molar-refractivity contribution < 1.29 is 37.7 Å². The molecule has 1 aromatic carbocycles.